The van der Waals surface area contributed by atoms with Gasteiger partial charge in [0.25, 0.3) is 11.8 Å². The van der Waals surface area contributed by atoms with E-state index in [4.69, 9.17) is 4.74 Å². The van der Waals surface area contributed by atoms with E-state index in [1.165, 1.54) is 37.6 Å². The Kier molecular flexibility index (Phi) is 6.29. The molecule has 0 aliphatic carbocycles. The molecule has 1 unspecified atom stereocenters. The first kappa shape index (κ1) is 23.9. The fourth-order valence-corrected chi connectivity index (χ4v) is 3.77. The highest BCUT2D eigenvalue weighted by molar-refractivity contribution is 5.96. The lowest BCUT2D eigenvalue weighted by Gasteiger charge is -2.39. The number of carbonyl (C=O) groups excluding carboxylic acids is 2. The summed E-state index contributed by atoms with van der Waals surface area (Å²) in [6.45, 7) is 0.106. The van der Waals surface area contributed by atoms with Crippen LogP contribution in [0, 0.1) is 5.82 Å². The zero-order chi connectivity index (χ0) is 25.2. The van der Waals surface area contributed by atoms with Crippen LogP contribution < -0.4 is 20.1 Å². The largest absolute Gasteiger partial charge is 0.573 e. The Balaban J connectivity index is 1.76. The van der Waals surface area contributed by atoms with Crippen molar-refractivity contribution < 1.29 is 36.6 Å². The van der Waals surface area contributed by atoms with Gasteiger partial charge in [-0.25, -0.2) is 4.39 Å². The van der Waals surface area contributed by atoms with Crippen LogP contribution in [0.5, 0.6) is 11.5 Å². The molecule has 0 saturated heterocycles. The van der Waals surface area contributed by atoms with Crippen LogP contribution in [0.1, 0.15) is 38.5 Å². The highest BCUT2D eigenvalue weighted by Crippen LogP contribution is 2.42. The average Bonchev–Trinajstić information content (AvgIpc) is 2.84. The molecule has 0 fully saturated rings. The van der Waals surface area contributed by atoms with Crippen molar-refractivity contribution >= 4 is 11.8 Å². The Morgan fingerprint density at radius 3 is 2.57 bits per heavy atom. The Morgan fingerprint density at radius 2 is 1.91 bits per heavy atom. The van der Waals surface area contributed by atoms with E-state index in [0.717, 1.165) is 12.1 Å². The number of rotatable bonds is 5. The van der Waals surface area contributed by atoms with Crippen molar-refractivity contribution in [3.05, 3.63) is 83.2 Å². The van der Waals surface area contributed by atoms with Gasteiger partial charge in [-0.05, 0) is 42.0 Å². The van der Waals surface area contributed by atoms with E-state index < -0.39 is 35.3 Å². The first-order valence-corrected chi connectivity index (χ1v) is 10.3. The summed E-state index contributed by atoms with van der Waals surface area (Å²) in [7, 11) is 1.44. The van der Waals surface area contributed by atoms with Gasteiger partial charge in [0.15, 0.2) is 11.6 Å². The molecule has 1 aliphatic rings. The summed E-state index contributed by atoms with van der Waals surface area (Å²) in [5, 5.41) is 5.24. The van der Waals surface area contributed by atoms with Crippen LogP contribution in [-0.2, 0) is 5.54 Å². The summed E-state index contributed by atoms with van der Waals surface area (Å²) in [6, 6.07) is 8.89. The highest BCUT2D eigenvalue weighted by atomic mass is 19.4. The molecule has 0 spiro atoms. The van der Waals surface area contributed by atoms with E-state index in [9.17, 15) is 27.2 Å². The standard InChI is InChI=1S/C23H18F4N4O4/c1-28-21(33)16-6-4-13(12-30-16)20(32)31-22(8-10-34-18-3-2-9-29-19(18)22)14-5-7-17(15(24)11-14)35-23(25,26)27/h2-7,9,11-12H,8,10H2,1H3,(H,28,33)(H,31,32). The van der Waals surface area contributed by atoms with Crippen molar-refractivity contribution in [1.82, 2.24) is 20.6 Å². The summed E-state index contributed by atoms with van der Waals surface area (Å²) in [6.07, 6.45) is -2.32. The lowest BCUT2D eigenvalue weighted by Crippen LogP contribution is -2.50. The van der Waals surface area contributed by atoms with Gasteiger partial charge in [0.2, 0.25) is 0 Å². The first-order chi connectivity index (χ1) is 16.6. The second kappa shape index (κ2) is 9.20. The van der Waals surface area contributed by atoms with E-state index >= 15 is 0 Å². The topological polar surface area (TPSA) is 102 Å². The zero-order valence-electron chi connectivity index (χ0n) is 18.1. The second-order valence-corrected chi connectivity index (χ2v) is 7.51. The van der Waals surface area contributed by atoms with Crippen molar-refractivity contribution in [2.45, 2.75) is 18.3 Å². The average molecular weight is 490 g/mol. The van der Waals surface area contributed by atoms with Crippen molar-refractivity contribution in [2.75, 3.05) is 13.7 Å². The molecular formula is C23H18F4N4O4. The summed E-state index contributed by atoms with van der Waals surface area (Å²) in [5.41, 5.74) is -0.865. The molecule has 3 heterocycles. The molecule has 1 aromatic carbocycles. The number of carbonyl (C=O) groups is 2. The number of fused-ring (bicyclic) bond motifs is 1. The molecular weight excluding hydrogens is 472 g/mol. The molecule has 2 N–H and O–H groups in total. The predicted molar refractivity (Wildman–Crippen MR) is 113 cm³/mol. The zero-order valence-corrected chi connectivity index (χ0v) is 18.1. The maximum Gasteiger partial charge on any atom is 0.573 e. The van der Waals surface area contributed by atoms with Gasteiger partial charge in [0, 0.05) is 25.9 Å². The maximum atomic E-state index is 14.7. The van der Waals surface area contributed by atoms with E-state index in [0.29, 0.717) is 5.75 Å². The van der Waals surface area contributed by atoms with Crippen molar-refractivity contribution in [1.29, 1.82) is 0 Å². The minimum absolute atomic E-state index is 0.0958. The van der Waals surface area contributed by atoms with Gasteiger partial charge in [-0.3, -0.25) is 19.6 Å². The number of aromatic nitrogens is 2. The fraction of sp³-hybridized carbons (Fsp3) is 0.217. The Bertz CT molecular complexity index is 1270. The van der Waals surface area contributed by atoms with Gasteiger partial charge >= 0.3 is 6.36 Å². The number of ether oxygens (including phenoxy) is 2. The molecule has 1 atom stereocenters. The molecule has 35 heavy (non-hydrogen) atoms. The number of pyridine rings is 2. The smallest absolute Gasteiger partial charge is 0.491 e. The molecule has 8 nitrogen and oxygen atoms in total. The number of halogens is 4. The summed E-state index contributed by atoms with van der Waals surface area (Å²) < 4.78 is 61.8. The Morgan fingerprint density at radius 1 is 1.11 bits per heavy atom. The number of nitrogens with zero attached hydrogens (tertiary/aromatic N) is 2. The number of benzene rings is 1. The van der Waals surface area contributed by atoms with Crippen molar-refractivity contribution in [3.63, 3.8) is 0 Å². The molecule has 0 radical (unpaired) electrons. The maximum absolute atomic E-state index is 14.7. The van der Waals surface area contributed by atoms with Crippen molar-refractivity contribution in [3.8, 4) is 11.5 Å². The van der Waals surface area contributed by atoms with Gasteiger partial charge in [0.1, 0.15) is 22.7 Å². The molecule has 12 heteroatoms. The predicted octanol–water partition coefficient (Wildman–Crippen LogP) is 3.33. The Hall–Kier alpha value is -4.22. The van der Waals surface area contributed by atoms with Crippen molar-refractivity contribution in [2.24, 2.45) is 0 Å². The van der Waals surface area contributed by atoms with Crippen LogP contribution in [0.2, 0.25) is 0 Å². The van der Waals surface area contributed by atoms with E-state index in [2.05, 4.69) is 25.3 Å². The highest BCUT2D eigenvalue weighted by Gasteiger charge is 2.43. The van der Waals surface area contributed by atoms with E-state index in [1.54, 1.807) is 12.1 Å². The second-order valence-electron chi connectivity index (χ2n) is 7.51. The van der Waals surface area contributed by atoms with Crippen LogP contribution in [0.3, 0.4) is 0 Å². The van der Waals surface area contributed by atoms with Crippen LogP contribution in [0.15, 0.2) is 54.9 Å². The summed E-state index contributed by atoms with van der Waals surface area (Å²) in [5.74, 6) is -3.02. The third-order valence-corrected chi connectivity index (χ3v) is 5.37. The third-order valence-electron chi connectivity index (χ3n) is 5.37. The lowest BCUT2D eigenvalue weighted by atomic mass is 9.81. The SMILES string of the molecule is CNC(=O)c1ccc(C(=O)NC2(c3ccc(OC(F)(F)F)c(F)c3)CCOc3cccnc32)cn1. The summed E-state index contributed by atoms with van der Waals surface area (Å²) >= 11 is 0. The molecule has 1 aliphatic heterocycles. The number of alkyl halides is 3. The van der Waals surface area contributed by atoms with Gasteiger partial charge in [-0.15, -0.1) is 13.2 Å². The van der Waals surface area contributed by atoms with Crippen LogP contribution in [0.4, 0.5) is 17.6 Å². The third kappa shape index (κ3) is 4.86. The quantitative estimate of drug-likeness (QED) is 0.532. The monoisotopic (exact) mass is 490 g/mol. The van der Waals surface area contributed by atoms with E-state index in [1.807, 2.05) is 0 Å². The van der Waals surface area contributed by atoms with Gasteiger partial charge in [-0.1, -0.05) is 6.07 Å². The summed E-state index contributed by atoms with van der Waals surface area (Å²) in [4.78, 5) is 33.2. The molecule has 182 valence electrons. The molecule has 0 bridgehead atoms. The molecule has 3 aromatic rings. The number of nitrogens with one attached hydrogen (secondary N) is 2. The molecule has 0 saturated carbocycles. The normalized spacial score (nSPS) is 17.1. The van der Waals surface area contributed by atoms with Gasteiger partial charge in [-0.2, -0.15) is 0 Å². The Labute approximate surface area is 196 Å². The van der Waals surface area contributed by atoms with Crippen LogP contribution in [-0.4, -0.2) is 41.8 Å². The number of hydrogen-bond acceptors (Lipinski definition) is 6. The molecule has 4 rings (SSSR count). The first-order valence-electron chi connectivity index (χ1n) is 10.3. The molecule has 2 aromatic heterocycles. The lowest BCUT2D eigenvalue weighted by molar-refractivity contribution is -0.275. The number of amides is 2. The number of hydrogen-bond donors (Lipinski definition) is 2. The minimum atomic E-state index is -5.07. The minimum Gasteiger partial charge on any atom is -0.491 e. The van der Waals surface area contributed by atoms with E-state index in [-0.39, 0.29) is 35.5 Å². The van der Waals surface area contributed by atoms with Gasteiger partial charge < -0.3 is 20.1 Å². The van der Waals surface area contributed by atoms with Gasteiger partial charge in [0.05, 0.1) is 12.2 Å². The van der Waals surface area contributed by atoms with Crippen LogP contribution in [0.25, 0.3) is 0 Å². The van der Waals surface area contributed by atoms with Crippen LogP contribution >= 0.6 is 0 Å². The fourth-order valence-electron chi connectivity index (χ4n) is 3.77. The molecule has 2 amide bonds.